The van der Waals surface area contributed by atoms with Gasteiger partial charge in [0, 0.05) is 28.4 Å². The van der Waals surface area contributed by atoms with Gasteiger partial charge in [0.15, 0.2) is 0 Å². The molecule has 7 aromatic carbocycles. The molecule has 0 fully saturated rings. The van der Waals surface area contributed by atoms with Gasteiger partial charge in [-0.25, -0.2) is 0 Å². The Hall–Kier alpha value is -6.38. The molecule has 2 atom stereocenters. The van der Waals surface area contributed by atoms with E-state index in [1.165, 1.54) is 61.3 Å². The van der Waals surface area contributed by atoms with E-state index in [1.807, 2.05) is 0 Å². The van der Waals surface area contributed by atoms with Crippen LogP contribution in [-0.4, -0.2) is 5.54 Å². The van der Waals surface area contributed by atoms with Crippen LogP contribution in [0.5, 0.6) is 11.5 Å². The van der Waals surface area contributed by atoms with Gasteiger partial charge in [0.05, 0.1) is 11.0 Å². The second-order valence-electron chi connectivity index (χ2n) is 14.7. The molecule has 10 rings (SSSR count). The highest BCUT2D eigenvalue weighted by Crippen LogP contribution is 2.66. The summed E-state index contributed by atoms with van der Waals surface area (Å²) >= 11 is 0. The third-order valence-corrected chi connectivity index (χ3v) is 11.8. The van der Waals surface area contributed by atoms with E-state index in [2.05, 4.69) is 213 Å². The Bertz CT molecular complexity index is 2520. The summed E-state index contributed by atoms with van der Waals surface area (Å²) in [6, 6.07) is 63.9. The number of ether oxygens (including phenoxy) is 1. The van der Waals surface area contributed by atoms with Crippen LogP contribution in [0.15, 0.2) is 194 Å². The molecular weight excluding hydrogens is 643 g/mol. The van der Waals surface area contributed by atoms with Crippen molar-refractivity contribution in [1.82, 2.24) is 0 Å². The lowest BCUT2D eigenvalue weighted by molar-refractivity contribution is 0.277. The van der Waals surface area contributed by atoms with Gasteiger partial charge in [-0.3, -0.25) is 0 Å². The van der Waals surface area contributed by atoms with E-state index < -0.39 is 11.0 Å². The molecule has 2 nitrogen and oxygen atoms in total. The van der Waals surface area contributed by atoms with Crippen LogP contribution in [0.3, 0.4) is 0 Å². The van der Waals surface area contributed by atoms with Crippen molar-refractivity contribution in [2.45, 2.75) is 24.8 Å². The Morgan fingerprint density at radius 2 is 1.08 bits per heavy atom. The average molecular weight is 682 g/mol. The van der Waals surface area contributed by atoms with Crippen molar-refractivity contribution < 1.29 is 4.74 Å². The second-order valence-corrected chi connectivity index (χ2v) is 14.7. The number of rotatable bonds is 4. The van der Waals surface area contributed by atoms with Gasteiger partial charge < -0.3 is 9.64 Å². The first-order valence-electron chi connectivity index (χ1n) is 18.6. The first-order chi connectivity index (χ1) is 26.1. The summed E-state index contributed by atoms with van der Waals surface area (Å²) in [5, 5.41) is 0. The molecule has 0 N–H and O–H groups in total. The fourth-order valence-corrected chi connectivity index (χ4v) is 9.41. The van der Waals surface area contributed by atoms with Gasteiger partial charge in [-0.05, 0) is 94.8 Å². The number of hydrogen-bond acceptors (Lipinski definition) is 2. The van der Waals surface area contributed by atoms with Crippen molar-refractivity contribution >= 4 is 16.9 Å². The number of anilines is 2. The van der Waals surface area contributed by atoms with Gasteiger partial charge >= 0.3 is 0 Å². The Labute approximate surface area is 312 Å². The highest BCUT2D eigenvalue weighted by molar-refractivity contribution is 5.87. The second kappa shape index (κ2) is 12.1. The van der Waals surface area contributed by atoms with Gasteiger partial charge in [-0.2, -0.15) is 0 Å². The first kappa shape index (κ1) is 31.4. The van der Waals surface area contributed by atoms with E-state index in [4.69, 9.17) is 4.74 Å². The summed E-state index contributed by atoms with van der Waals surface area (Å²) in [6.07, 6.45) is 7.41. The fourth-order valence-electron chi connectivity index (χ4n) is 9.41. The van der Waals surface area contributed by atoms with E-state index in [-0.39, 0.29) is 5.92 Å². The van der Waals surface area contributed by atoms with Crippen LogP contribution in [0.1, 0.15) is 34.7 Å². The summed E-state index contributed by atoms with van der Waals surface area (Å²) in [5.41, 5.74) is 13.5. The van der Waals surface area contributed by atoms with Crippen molar-refractivity contribution in [2.75, 3.05) is 4.90 Å². The van der Waals surface area contributed by atoms with Crippen LogP contribution in [0.25, 0.3) is 27.8 Å². The lowest BCUT2D eigenvalue weighted by Gasteiger charge is -2.60. The van der Waals surface area contributed by atoms with Gasteiger partial charge in [-0.15, -0.1) is 0 Å². The summed E-state index contributed by atoms with van der Waals surface area (Å²) < 4.78 is 6.79. The van der Waals surface area contributed by atoms with E-state index in [0.29, 0.717) is 0 Å². The molecule has 0 bridgehead atoms. The highest BCUT2D eigenvalue weighted by atomic mass is 16.5. The number of nitrogens with zero attached hydrogens (tertiary/aromatic N) is 1. The Morgan fingerprint density at radius 3 is 1.74 bits per heavy atom. The quantitative estimate of drug-likeness (QED) is 0.183. The van der Waals surface area contributed by atoms with E-state index in [9.17, 15) is 0 Å². The molecule has 2 unspecified atom stereocenters. The molecule has 1 spiro atoms. The number of hydrogen-bond donors (Lipinski definition) is 0. The lowest BCUT2D eigenvalue weighted by atomic mass is 9.51. The van der Waals surface area contributed by atoms with Crippen molar-refractivity contribution in [2.24, 2.45) is 5.92 Å². The number of allylic oxidation sites excluding steroid dienone is 2. The minimum atomic E-state index is -0.584. The van der Waals surface area contributed by atoms with E-state index in [1.54, 1.807) is 0 Å². The number of fused-ring (bicyclic) bond motifs is 8. The van der Waals surface area contributed by atoms with Gasteiger partial charge in [0.1, 0.15) is 11.5 Å². The average Bonchev–Trinajstić information content (AvgIpc) is 3.21. The lowest BCUT2D eigenvalue weighted by Crippen LogP contribution is -2.61. The maximum atomic E-state index is 6.79. The van der Waals surface area contributed by atoms with E-state index >= 15 is 0 Å². The van der Waals surface area contributed by atoms with Crippen LogP contribution >= 0.6 is 0 Å². The van der Waals surface area contributed by atoms with Gasteiger partial charge in [0.25, 0.3) is 0 Å². The Morgan fingerprint density at radius 1 is 0.528 bits per heavy atom. The highest BCUT2D eigenvalue weighted by Gasteiger charge is 2.61. The Kier molecular flexibility index (Phi) is 7.16. The fraction of sp³-hybridized carbons (Fsp3) is 0.0980. The van der Waals surface area contributed by atoms with Gasteiger partial charge in [0.2, 0.25) is 0 Å². The molecule has 7 aromatic rings. The minimum Gasteiger partial charge on any atom is -0.457 e. The molecule has 254 valence electrons. The van der Waals surface area contributed by atoms with Crippen molar-refractivity contribution in [3.8, 4) is 33.8 Å². The summed E-state index contributed by atoms with van der Waals surface area (Å²) in [6.45, 7) is 4.65. The molecule has 53 heavy (non-hydrogen) atoms. The van der Waals surface area contributed by atoms with Crippen LogP contribution in [-0.2, 0) is 5.41 Å². The molecule has 0 radical (unpaired) electrons. The molecule has 3 aliphatic rings. The molecule has 2 aliphatic heterocycles. The van der Waals surface area contributed by atoms with Crippen molar-refractivity contribution in [1.29, 1.82) is 0 Å². The third-order valence-electron chi connectivity index (χ3n) is 11.8. The molecular formula is C51H39NO. The minimum absolute atomic E-state index is 0.0341. The van der Waals surface area contributed by atoms with Crippen LogP contribution in [0.4, 0.5) is 11.4 Å². The number of para-hydroxylation sites is 2. The van der Waals surface area contributed by atoms with E-state index in [0.717, 1.165) is 17.2 Å². The summed E-state index contributed by atoms with van der Waals surface area (Å²) in [7, 11) is 0. The summed E-state index contributed by atoms with van der Waals surface area (Å²) in [5.74, 6) is 1.78. The maximum absolute atomic E-state index is 6.79. The largest absolute Gasteiger partial charge is 0.457 e. The Balaban J connectivity index is 1.32. The summed E-state index contributed by atoms with van der Waals surface area (Å²) in [4.78, 5) is 2.60. The molecule has 0 saturated carbocycles. The SMILES string of the molecule is Cc1ccccc1C1=CC2C3(c4ccccc4Oc4ccccc43)c3cc(-c4ccccc4)ccc3N(c3ccc(-c4ccccc4)cc3)C2(C)C=C1. The molecule has 1 aliphatic carbocycles. The molecule has 0 aromatic heterocycles. The zero-order valence-corrected chi connectivity index (χ0v) is 29.9. The predicted molar refractivity (Wildman–Crippen MR) is 219 cm³/mol. The normalized spacial score (nSPS) is 18.9. The number of aryl methyl sites for hydroxylation is 1. The molecule has 0 amide bonds. The van der Waals surface area contributed by atoms with Crippen LogP contribution in [0.2, 0.25) is 0 Å². The van der Waals surface area contributed by atoms with Crippen molar-refractivity contribution in [3.63, 3.8) is 0 Å². The smallest absolute Gasteiger partial charge is 0.131 e. The topological polar surface area (TPSA) is 12.5 Å². The maximum Gasteiger partial charge on any atom is 0.131 e. The standard InChI is InChI=1S/C51H39NO/c1-35-15-9-10-20-42(35)40-31-32-50(2)49(34-40)51(43-21-11-13-23-47(43)53-48-24-14-12-22-44(48)51)45-33-39(37-18-7-4-8-19-37)27-30-46(45)52(50)41-28-25-38(26-29-41)36-16-5-3-6-17-36/h3-34,49H,1-2H3. The number of benzene rings is 7. The molecule has 2 heteroatoms. The zero-order chi connectivity index (χ0) is 35.6. The molecule has 2 heterocycles. The van der Waals surface area contributed by atoms with Crippen molar-refractivity contribution in [3.05, 3.63) is 222 Å². The third kappa shape index (κ3) is 4.72. The van der Waals surface area contributed by atoms with Crippen LogP contribution < -0.4 is 9.64 Å². The van der Waals surface area contributed by atoms with Gasteiger partial charge in [-0.1, -0.05) is 158 Å². The zero-order valence-electron chi connectivity index (χ0n) is 29.9. The predicted octanol–water partition coefficient (Wildman–Crippen LogP) is 12.9. The molecule has 0 saturated heterocycles. The monoisotopic (exact) mass is 681 g/mol. The first-order valence-corrected chi connectivity index (χ1v) is 18.6. The van der Waals surface area contributed by atoms with Crippen LogP contribution in [0, 0.1) is 12.8 Å².